The van der Waals surface area contributed by atoms with Crippen LogP contribution in [0.2, 0.25) is 0 Å². The first-order chi connectivity index (χ1) is 10.0. The van der Waals surface area contributed by atoms with Crippen LogP contribution < -0.4 is 5.32 Å². The molecule has 2 N–H and O–H groups in total. The summed E-state index contributed by atoms with van der Waals surface area (Å²) in [6, 6.07) is 0. The monoisotopic (exact) mass is 316 g/mol. The van der Waals surface area contributed by atoms with Crippen LogP contribution in [0.4, 0.5) is 0 Å². The van der Waals surface area contributed by atoms with E-state index in [0.717, 1.165) is 25.9 Å². The highest BCUT2D eigenvalue weighted by Crippen LogP contribution is 2.22. The van der Waals surface area contributed by atoms with Gasteiger partial charge in [0.15, 0.2) is 5.03 Å². The third-order valence-corrected chi connectivity index (χ3v) is 5.47. The molecule has 1 fully saturated rings. The van der Waals surface area contributed by atoms with Crippen molar-refractivity contribution in [1.82, 2.24) is 19.6 Å². The zero-order chi connectivity index (χ0) is 15.3. The van der Waals surface area contributed by atoms with Crippen molar-refractivity contribution >= 4 is 10.0 Å². The first kappa shape index (κ1) is 16.4. The fourth-order valence-corrected chi connectivity index (χ4v) is 4.08. The Morgan fingerprint density at radius 2 is 2.38 bits per heavy atom. The second kappa shape index (κ2) is 7.35. The van der Waals surface area contributed by atoms with Crippen LogP contribution in [0.5, 0.6) is 0 Å². The number of aromatic nitrogens is 2. The van der Waals surface area contributed by atoms with Crippen LogP contribution in [0.15, 0.2) is 11.2 Å². The fraction of sp³-hybridized carbons (Fsp3) is 0.769. The Balaban J connectivity index is 1.94. The molecule has 1 unspecified atom stereocenters. The molecule has 21 heavy (non-hydrogen) atoms. The van der Waals surface area contributed by atoms with E-state index in [-0.39, 0.29) is 5.03 Å². The molecule has 0 aliphatic carbocycles. The van der Waals surface area contributed by atoms with Gasteiger partial charge in [-0.2, -0.15) is 4.31 Å². The Labute approximate surface area is 126 Å². The van der Waals surface area contributed by atoms with E-state index in [2.05, 4.69) is 15.3 Å². The molecule has 1 aliphatic heterocycles. The van der Waals surface area contributed by atoms with Crippen LogP contribution in [-0.2, 0) is 14.8 Å². The Bertz CT molecular complexity index is 543. The zero-order valence-electron chi connectivity index (χ0n) is 12.6. The minimum atomic E-state index is -3.45. The zero-order valence-corrected chi connectivity index (χ0v) is 13.4. The average Bonchev–Trinajstić information content (AvgIpc) is 2.91. The van der Waals surface area contributed by atoms with Gasteiger partial charge < -0.3 is 15.0 Å². The van der Waals surface area contributed by atoms with Gasteiger partial charge in [0, 0.05) is 26.7 Å². The average molecular weight is 316 g/mol. The van der Waals surface area contributed by atoms with E-state index < -0.39 is 10.0 Å². The highest BCUT2D eigenvalue weighted by Gasteiger charge is 2.31. The molecule has 0 bridgehead atoms. The molecule has 0 radical (unpaired) electrons. The van der Waals surface area contributed by atoms with Gasteiger partial charge in [-0.3, -0.25) is 0 Å². The SMILES string of the molecule is COCCNCC1CCCN(S(=O)(=O)c2cnc(C)[nH]2)C1. The highest BCUT2D eigenvalue weighted by atomic mass is 32.2. The van der Waals surface area contributed by atoms with Gasteiger partial charge in [0.2, 0.25) is 0 Å². The molecule has 7 nitrogen and oxygen atoms in total. The summed E-state index contributed by atoms with van der Waals surface area (Å²) in [5, 5.41) is 3.49. The number of aryl methyl sites for hydroxylation is 1. The van der Waals surface area contributed by atoms with Gasteiger partial charge in [0.05, 0.1) is 12.8 Å². The number of hydrogen-bond donors (Lipinski definition) is 2. The van der Waals surface area contributed by atoms with Gasteiger partial charge in [-0.15, -0.1) is 0 Å². The van der Waals surface area contributed by atoms with E-state index in [0.29, 0.717) is 31.4 Å². The molecule has 1 atom stereocenters. The van der Waals surface area contributed by atoms with Gasteiger partial charge in [0.1, 0.15) is 5.82 Å². The molecule has 2 heterocycles. The maximum Gasteiger partial charge on any atom is 0.260 e. The summed E-state index contributed by atoms with van der Waals surface area (Å²) in [4.78, 5) is 6.79. The molecular weight excluding hydrogens is 292 g/mol. The van der Waals surface area contributed by atoms with Crippen LogP contribution >= 0.6 is 0 Å². The van der Waals surface area contributed by atoms with Gasteiger partial charge >= 0.3 is 0 Å². The lowest BCUT2D eigenvalue weighted by Gasteiger charge is -2.31. The molecule has 0 aromatic carbocycles. The van der Waals surface area contributed by atoms with E-state index in [1.807, 2.05) is 0 Å². The molecule has 0 amide bonds. The van der Waals surface area contributed by atoms with Crippen LogP contribution in [0.25, 0.3) is 0 Å². The molecule has 1 aliphatic rings. The number of nitrogens with zero attached hydrogens (tertiary/aromatic N) is 2. The van der Waals surface area contributed by atoms with Crippen molar-refractivity contribution in [1.29, 1.82) is 0 Å². The van der Waals surface area contributed by atoms with Crippen molar-refractivity contribution in [2.45, 2.75) is 24.8 Å². The van der Waals surface area contributed by atoms with Crippen LogP contribution in [0.1, 0.15) is 18.7 Å². The number of hydrogen-bond acceptors (Lipinski definition) is 5. The molecule has 2 rings (SSSR count). The molecule has 0 saturated carbocycles. The van der Waals surface area contributed by atoms with Gasteiger partial charge in [-0.05, 0) is 32.2 Å². The summed E-state index contributed by atoms with van der Waals surface area (Å²) in [6.45, 7) is 5.16. The topological polar surface area (TPSA) is 87.3 Å². The quantitative estimate of drug-likeness (QED) is 0.709. The van der Waals surface area contributed by atoms with E-state index in [4.69, 9.17) is 4.74 Å². The van der Waals surface area contributed by atoms with Crippen molar-refractivity contribution in [3.05, 3.63) is 12.0 Å². The maximum atomic E-state index is 12.5. The number of piperidine rings is 1. The predicted octanol–water partition coefficient (Wildman–Crippen LogP) is 0.355. The minimum absolute atomic E-state index is 0.188. The van der Waals surface area contributed by atoms with Gasteiger partial charge in [-0.1, -0.05) is 0 Å². The number of methoxy groups -OCH3 is 1. The lowest BCUT2D eigenvalue weighted by molar-refractivity contribution is 0.193. The summed E-state index contributed by atoms with van der Waals surface area (Å²) < 4.78 is 31.6. The molecule has 1 aromatic heterocycles. The summed E-state index contributed by atoms with van der Waals surface area (Å²) in [5.41, 5.74) is 0. The third-order valence-electron chi connectivity index (χ3n) is 3.70. The second-order valence-corrected chi connectivity index (χ2v) is 7.31. The number of sulfonamides is 1. The Hall–Kier alpha value is -0.960. The Morgan fingerprint density at radius 3 is 3.05 bits per heavy atom. The molecule has 0 spiro atoms. The van der Waals surface area contributed by atoms with E-state index in [1.54, 1.807) is 18.3 Å². The number of H-pyrrole nitrogens is 1. The first-order valence-electron chi connectivity index (χ1n) is 7.25. The molecule has 1 aromatic rings. The smallest absolute Gasteiger partial charge is 0.260 e. The highest BCUT2D eigenvalue weighted by molar-refractivity contribution is 7.89. The third kappa shape index (κ3) is 4.26. The van der Waals surface area contributed by atoms with Crippen LogP contribution in [0, 0.1) is 12.8 Å². The van der Waals surface area contributed by atoms with Crippen molar-refractivity contribution in [3.63, 3.8) is 0 Å². The number of nitrogens with one attached hydrogen (secondary N) is 2. The lowest BCUT2D eigenvalue weighted by atomic mass is 10.00. The molecule has 8 heteroatoms. The van der Waals surface area contributed by atoms with Crippen LogP contribution in [-0.4, -0.2) is 62.6 Å². The molecule has 120 valence electrons. The number of aromatic amines is 1. The van der Waals surface area contributed by atoms with Crippen LogP contribution in [0.3, 0.4) is 0 Å². The maximum absolute atomic E-state index is 12.5. The van der Waals surface area contributed by atoms with E-state index in [1.165, 1.54) is 6.20 Å². The number of rotatable bonds is 7. The normalized spacial score (nSPS) is 20.8. The predicted molar refractivity (Wildman–Crippen MR) is 79.6 cm³/mol. The second-order valence-electron chi connectivity index (χ2n) is 5.40. The van der Waals surface area contributed by atoms with Gasteiger partial charge in [0.25, 0.3) is 10.0 Å². The summed E-state index contributed by atoms with van der Waals surface area (Å²) in [5.74, 6) is 0.956. The fourth-order valence-electron chi connectivity index (χ4n) is 2.56. The van der Waals surface area contributed by atoms with E-state index >= 15 is 0 Å². The van der Waals surface area contributed by atoms with Crippen molar-refractivity contribution in [2.24, 2.45) is 5.92 Å². The summed E-state index contributed by atoms with van der Waals surface area (Å²) in [6.07, 6.45) is 3.34. The number of ether oxygens (including phenoxy) is 1. The largest absolute Gasteiger partial charge is 0.383 e. The van der Waals surface area contributed by atoms with Gasteiger partial charge in [-0.25, -0.2) is 13.4 Å². The minimum Gasteiger partial charge on any atom is -0.383 e. The lowest BCUT2D eigenvalue weighted by Crippen LogP contribution is -2.43. The summed E-state index contributed by atoms with van der Waals surface area (Å²) >= 11 is 0. The van der Waals surface area contributed by atoms with Crippen molar-refractivity contribution in [2.75, 3.05) is 39.9 Å². The first-order valence-corrected chi connectivity index (χ1v) is 8.69. The summed E-state index contributed by atoms with van der Waals surface area (Å²) in [7, 11) is -1.78. The number of imidazole rings is 1. The van der Waals surface area contributed by atoms with E-state index in [9.17, 15) is 8.42 Å². The Morgan fingerprint density at radius 1 is 1.57 bits per heavy atom. The van der Waals surface area contributed by atoms with Crippen molar-refractivity contribution in [3.8, 4) is 0 Å². The van der Waals surface area contributed by atoms with Crippen molar-refractivity contribution < 1.29 is 13.2 Å². The molecular formula is C13H24N4O3S. The standard InChI is InChI=1S/C13H24N4O3S/c1-11-15-9-13(16-11)21(18,19)17-6-3-4-12(10-17)8-14-5-7-20-2/h9,12,14H,3-8,10H2,1-2H3,(H,15,16). The Kier molecular flexibility index (Phi) is 5.74. The molecule has 1 saturated heterocycles.